The summed E-state index contributed by atoms with van der Waals surface area (Å²) in [5.41, 5.74) is 0. The molecule has 23 heavy (non-hydrogen) atoms. The molecule has 0 fully saturated rings. The molecule has 0 bridgehead atoms. The van der Waals surface area contributed by atoms with Gasteiger partial charge in [-0.3, -0.25) is 9.11 Å². The minimum absolute atomic E-state index is 0.383. The zero-order valence-electron chi connectivity index (χ0n) is 15.1. The van der Waals surface area contributed by atoms with Gasteiger partial charge in [0.2, 0.25) is 0 Å². The molecule has 0 aromatic heterocycles. The Morgan fingerprint density at radius 2 is 0.783 bits per heavy atom. The van der Waals surface area contributed by atoms with Gasteiger partial charge >= 0.3 is 0 Å². The molecule has 0 saturated carbocycles. The van der Waals surface area contributed by atoms with Gasteiger partial charge in [-0.2, -0.15) is 16.8 Å². The Morgan fingerprint density at radius 3 is 0.870 bits per heavy atom. The first-order valence-electron chi connectivity index (χ1n) is 8.30. The number of hydrogen-bond acceptors (Lipinski definition) is 4. The highest BCUT2D eigenvalue weighted by Gasteiger charge is 2.75. The molecule has 0 heterocycles. The quantitative estimate of drug-likeness (QED) is 0.426. The van der Waals surface area contributed by atoms with Crippen LogP contribution >= 0.6 is 0 Å². The fourth-order valence-corrected chi connectivity index (χ4v) is 33.2. The van der Waals surface area contributed by atoms with Crippen molar-refractivity contribution in [2.45, 2.75) is 81.1 Å². The van der Waals surface area contributed by atoms with E-state index in [0.29, 0.717) is 36.3 Å². The van der Waals surface area contributed by atoms with Crippen molar-refractivity contribution in [2.75, 3.05) is 0 Å². The largest absolute Gasteiger partial charge is 0.285 e. The fourth-order valence-electron chi connectivity index (χ4n) is 4.69. The van der Waals surface area contributed by atoms with Crippen molar-refractivity contribution in [3.8, 4) is 0 Å². The van der Waals surface area contributed by atoms with E-state index < -0.39 is 39.7 Å². The third kappa shape index (κ3) is 3.10. The van der Waals surface area contributed by atoms with Crippen LogP contribution in [0.1, 0.15) is 41.5 Å². The van der Waals surface area contributed by atoms with E-state index in [1.54, 1.807) is 41.5 Å². The average molecular weight is 405 g/mol. The molecule has 0 aromatic carbocycles. The SMILES string of the molecule is CC[Si](CC)(CC)C([Si](CC)(CC)CC)(S(=O)(=O)O)S(=O)(=O)O. The minimum atomic E-state index is -4.99. The summed E-state index contributed by atoms with van der Waals surface area (Å²) in [6.07, 6.45) is 0. The summed E-state index contributed by atoms with van der Waals surface area (Å²) in [6.45, 7) is 10.7. The van der Waals surface area contributed by atoms with E-state index in [0.717, 1.165) is 0 Å². The second kappa shape index (κ2) is 7.65. The predicted octanol–water partition coefficient (Wildman–Crippen LogP) is 3.55. The third-order valence-electron chi connectivity index (χ3n) is 6.18. The van der Waals surface area contributed by atoms with Crippen LogP contribution in [0.25, 0.3) is 0 Å². The molecule has 0 aromatic rings. The summed E-state index contributed by atoms with van der Waals surface area (Å²) in [6, 6.07) is 2.30. The van der Waals surface area contributed by atoms with E-state index in [1.807, 2.05) is 0 Å². The molecular formula is C13H32O6S2Si2. The van der Waals surface area contributed by atoms with Gasteiger partial charge in [-0.25, -0.2) is 0 Å². The lowest BCUT2D eigenvalue weighted by molar-refractivity contribution is 0.456. The smallest absolute Gasteiger partial charge is 0.281 e. The zero-order chi connectivity index (χ0) is 18.7. The molecular weight excluding hydrogens is 372 g/mol. The molecule has 0 spiro atoms. The number of rotatable bonds is 10. The zero-order valence-corrected chi connectivity index (χ0v) is 18.7. The highest BCUT2D eigenvalue weighted by molar-refractivity contribution is 8.11. The molecule has 10 heteroatoms. The van der Waals surface area contributed by atoms with Gasteiger partial charge in [0.1, 0.15) is 0 Å². The lowest BCUT2D eigenvalue weighted by atomic mass is 10.9. The minimum Gasteiger partial charge on any atom is -0.285 e. The van der Waals surface area contributed by atoms with E-state index in [2.05, 4.69) is 0 Å². The molecule has 0 radical (unpaired) electrons. The maximum atomic E-state index is 12.6. The van der Waals surface area contributed by atoms with Crippen molar-refractivity contribution >= 4 is 36.4 Å². The Kier molecular flexibility index (Phi) is 7.73. The van der Waals surface area contributed by atoms with Gasteiger partial charge in [0, 0.05) is 0 Å². The number of hydrogen-bond donors (Lipinski definition) is 2. The molecule has 140 valence electrons. The van der Waals surface area contributed by atoms with E-state index in [4.69, 9.17) is 0 Å². The van der Waals surface area contributed by atoms with Crippen LogP contribution in [0, 0.1) is 0 Å². The summed E-state index contributed by atoms with van der Waals surface area (Å²) in [5, 5.41) is 0. The van der Waals surface area contributed by atoms with Crippen LogP contribution in [0.15, 0.2) is 0 Å². The second-order valence-corrected chi connectivity index (χ2v) is 22.4. The van der Waals surface area contributed by atoms with Crippen LogP contribution in [0.2, 0.25) is 36.3 Å². The van der Waals surface area contributed by atoms with E-state index in [9.17, 15) is 25.9 Å². The average Bonchev–Trinajstić information content (AvgIpc) is 2.46. The van der Waals surface area contributed by atoms with E-state index >= 15 is 0 Å². The molecule has 2 N–H and O–H groups in total. The molecule has 0 aliphatic carbocycles. The van der Waals surface area contributed by atoms with Gasteiger partial charge in [0.15, 0.2) is 3.33 Å². The molecule has 0 rings (SSSR count). The molecule has 0 aliphatic heterocycles. The summed E-state index contributed by atoms with van der Waals surface area (Å²) < 4.78 is 68.6. The Labute approximate surface area is 143 Å². The third-order valence-corrected chi connectivity index (χ3v) is 31.3. The van der Waals surface area contributed by atoms with Crippen molar-refractivity contribution < 1.29 is 25.9 Å². The van der Waals surface area contributed by atoms with Gasteiger partial charge in [-0.05, 0) is 0 Å². The molecule has 6 nitrogen and oxygen atoms in total. The van der Waals surface area contributed by atoms with Crippen LogP contribution in [0.4, 0.5) is 0 Å². The molecule has 0 amide bonds. The Hall–Kier alpha value is 0.254. The normalized spacial score (nSPS) is 15.0. The second-order valence-electron chi connectivity index (χ2n) is 6.25. The maximum absolute atomic E-state index is 12.6. The van der Waals surface area contributed by atoms with Crippen molar-refractivity contribution in [1.29, 1.82) is 0 Å². The summed E-state index contributed by atoms with van der Waals surface area (Å²) in [5.74, 6) is 0. The maximum Gasteiger partial charge on any atom is 0.281 e. The first-order chi connectivity index (χ1) is 10.4. The van der Waals surface area contributed by atoms with Gasteiger partial charge in [-0.1, -0.05) is 77.8 Å². The summed E-state index contributed by atoms with van der Waals surface area (Å²) in [7, 11) is -16.1. The van der Waals surface area contributed by atoms with Crippen LogP contribution in [0.3, 0.4) is 0 Å². The van der Waals surface area contributed by atoms with Crippen LogP contribution in [-0.2, 0) is 20.2 Å². The monoisotopic (exact) mass is 404 g/mol. The van der Waals surface area contributed by atoms with E-state index in [1.165, 1.54) is 0 Å². The lowest BCUT2D eigenvalue weighted by Crippen LogP contribution is -2.78. The lowest BCUT2D eigenvalue weighted by Gasteiger charge is -2.53. The van der Waals surface area contributed by atoms with Crippen molar-refractivity contribution in [1.82, 2.24) is 0 Å². The topological polar surface area (TPSA) is 109 Å². The van der Waals surface area contributed by atoms with Crippen molar-refractivity contribution in [3.63, 3.8) is 0 Å². The van der Waals surface area contributed by atoms with Crippen LogP contribution in [-0.4, -0.2) is 45.4 Å². The fraction of sp³-hybridized carbons (Fsp3) is 1.00. The highest BCUT2D eigenvalue weighted by atomic mass is 32.3. The van der Waals surface area contributed by atoms with Gasteiger partial charge in [0.05, 0.1) is 16.1 Å². The molecule has 0 aliphatic rings. The van der Waals surface area contributed by atoms with Gasteiger partial charge < -0.3 is 0 Å². The Morgan fingerprint density at radius 1 is 0.609 bits per heavy atom. The highest BCUT2D eigenvalue weighted by Crippen LogP contribution is 2.51. The van der Waals surface area contributed by atoms with Crippen molar-refractivity contribution in [2.24, 2.45) is 0 Å². The Bertz CT molecular complexity index is 521. The molecule has 0 atom stereocenters. The standard InChI is InChI=1S/C13H32O6S2Si2/c1-7-22(8-2,9-3)13(20(14,15)16,21(17,18)19)23(10-4,11-5)12-6/h7-12H2,1-6H3,(H,14,15,16)(H,17,18,19). The summed E-state index contributed by atoms with van der Waals surface area (Å²) in [4.78, 5) is 0. The predicted molar refractivity (Wildman–Crippen MR) is 100 cm³/mol. The molecule has 0 saturated heterocycles. The van der Waals surface area contributed by atoms with Crippen LogP contribution < -0.4 is 0 Å². The first-order valence-corrected chi connectivity index (χ1v) is 16.4. The van der Waals surface area contributed by atoms with Crippen molar-refractivity contribution in [3.05, 3.63) is 0 Å². The molecule has 0 unspecified atom stereocenters. The summed E-state index contributed by atoms with van der Waals surface area (Å²) >= 11 is 0. The first kappa shape index (κ1) is 23.3. The van der Waals surface area contributed by atoms with Gasteiger partial charge in [-0.15, -0.1) is 0 Å². The Balaban J connectivity index is 7.54. The van der Waals surface area contributed by atoms with E-state index in [-0.39, 0.29) is 0 Å². The van der Waals surface area contributed by atoms with Gasteiger partial charge in [0.25, 0.3) is 20.2 Å². The van der Waals surface area contributed by atoms with Crippen LogP contribution in [0.5, 0.6) is 0 Å².